The molecule has 21 heavy (non-hydrogen) atoms. The van der Waals surface area contributed by atoms with E-state index in [-0.39, 0.29) is 23.6 Å². The molecule has 2 aromatic rings. The third kappa shape index (κ3) is 4.42. The molecule has 0 saturated heterocycles. The van der Waals surface area contributed by atoms with E-state index in [0.717, 1.165) is 0 Å². The fourth-order valence-corrected chi connectivity index (χ4v) is 2.21. The second kappa shape index (κ2) is 6.53. The summed E-state index contributed by atoms with van der Waals surface area (Å²) in [6.07, 6.45) is 0.197. The van der Waals surface area contributed by atoms with Crippen molar-refractivity contribution in [2.45, 2.75) is 25.7 Å². The van der Waals surface area contributed by atoms with E-state index in [2.05, 4.69) is 31.3 Å². The summed E-state index contributed by atoms with van der Waals surface area (Å²) >= 11 is 0. The van der Waals surface area contributed by atoms with Crippen LogP contribution in [0.1, 0.15) is 25.0 Å². The molecule has 3 heteroatoms. The van der Waals surface area contributed by atoms with Crippen molar-refractivity contribution < 1.29 is 9.18 Å². The van der Waals surface area contributed by atoms with Crippen molar-refractivity contribution in [3.8, 4) is 0 Å². The van der Waals surface area contributed by atoms with Crippen LogP contribution < -0.4 is 5.32 Å². The molecule has 0 radical (unpaired) electrons. The molecular weight excluding hydrogens is 265 g/mol. The fourth-order valence-electron chi connectivity index (χ4n) is 2.21. The molecule has 0 aliphatic heterocycles. The molecule has 0 aliphatic rings. The monoisotopic (exact) mass is 285 g/mol. The lowest BCUT2D eigenvalue weighted by Crippen LogP contribution is -2.37. The summed E-state index contributed by atoms with van der Waals surface area (Å²) < 4.78 is 13.1. The largest absolute Gasteiger partial charge is 0.355 e. The van der Waals surface area contributed by atoms with Crippen LogP contribution in [0.25, 0.3) is 0 Å². The van der Waals surface area contributed by atoms with Gasteiger partial charge in [-0.3, -0.25) is 4.79 Å². The Hall–Kier alpha value is -2.16. The lowest BCUT2D eigenvalue weighted by Gasteiger charge is -2.25. The van der Waals surface area contributed by atoms with Crippen LogP contribution in [0.2, 0.25) is 0 Å². The standard InChI is InChI=1S/C18H20FNO/c1-18(2,15-8-4-3-5-9-15)13-20-17(21)12-14-7-6-10-16(19)11-14/h3-11H,12-13H2,1-2H3,(H,20,21). The van der Waals surface area contributed by atoms with Crippen LogP contribution in [-0.4, -0.2) is 12.5 Å². The summed E-state index contributed by atoms with van der Waals surface area (Å²) in [5, 5.41) is 2.93. The summed E-state index contributed by atoms with van der Waals surface area (Å²) in [6, 6.07) is 16.2. The number of hydrogen-bond acceptors (Lipinski definition) is 1. The van der Waals surface area contributed by atoms with Crippen molar-refractivity contribution in [1.29, 1.82) is 0 Å². The normalized spacial score (nSPS) is 11.2. The molecule has 0 aromatic heterocycles. The molecule has 1 amide bonds. The second-order valence-electron chi connectivity index (χ2n) is 5.83. The Labute approximate surface area is 125 Å². The number of carbonyl (C=O) groups excluding carboxylic acids is 1. The van der Waals surface area contributed by atoms with Crippen molar-refractivity contribution in [2.75, 3.05) is 6.54 Å². The summed E-state index contributed by atoms with van der Waals surface area (Å²) in [6.45, 7) is 4.72. The van der Waals surface area contributed by atoms with E-state index < -0.39 is 0 Å². The lowest BCUT2D eigenvalue weighted by molar-refractivity contribution is -0.120. The van der Waals surface area contributed by atoms with Crippen LogP contribution in [0, 0.1) is 5.82 Å². The van der Waals surface area contributed by atoms with E-state index in [4.69, 9.17) is 0 Å². The molecule has 0 aliphatic carbocycles. The Bertz CT molecular complexity index is 608. The third-order valence-corrected chi connectivity index (χ3v) is 3.54. The number of carbonyl (C=O) groups is 1. The third-order valence-electron chi connectivity index (χ3n) is 3.54. The average molecular weight is 285 g/mol. The van der Waals surface area contributed by atoms with Gasteiger partial charge < -0.3 is 5.32 Å². The van der Waals surface area contributed by atoms with Gasteiger partial charge in [0.05, 0.1) is 6.42 Å². The van der Waals surface area contributed by atoms with E-state index in [0.29, 0.717) is 12.1 Å². The summed E-state index contributed by atoms with van der Waals surface area (Å²) in [5.41, 5.74) is 1.72. The van der Waals surface area contributed by atoms with Gasteiger partial charge in [0.2, 0.25) is 5.91 Å². The molecule has 0 atom stereocenters. The quantitative estimate of drug-likeness (QED) is 0.895. The van der Waals surface area contributed by atoms with E-state index >= 15 is 0 Å². The number of halogens is 1. The van der Waals surface area contributed by atoms with Gasteiger partial charge in [-0.05, 0) is 23.3 Å². The first kappa shape index (κ1) is 15.2. The average Bonchev–Trinajstić information content (AvgIpc) is 2.46. The lowest BCUT2D eigenvalue weighted by atomic mass is 9.84. The van der Waals surface area contributed by atoms with Gasteiger partial charge in [-0.25, -0.2) is 4.39 Å². The second-order valence-corrected chi connectivity index (χ2v) is 5.83. The molecule has 1 N–H and O–H groups in total. The Morgan fingerprint density at radius 3 is 2.48 bits per heavy atom. The highest BCUT2D eigenvalue weighted by molar-refractivity contribution is 5.78. The number of hydrogen-bond donors (Lipinski definition) is 1. The topological polar surface area (TPSA) is 29.1 Å². The first-order chi connectivity index (χ1) is 9.97. The highest BCUT2D eigenvalue weighted by atomic mass is 19.1. The fraction of sp³-hybridized carbons (Fsp3) is 0.278. The van der Waals surface area contributed by atoms with Gasteiger partial charge in [0.15, 0.2) is 0 Å². The maximum Gasteiger partial charge on any atom is 0.224 e. The van der Waals surface area contributed by atoms with Gasteiger partial charge in [0.25, 0.3) is 0 Å². The molecule has 0 bridgehead atoms. The molecule has 2 rings (SSSR count). The van der Waals surface area contributed by atoms with Crippen molar-refractivity contribution in [3.05, 3.63) is 71.5 Å². The number of benzene rings is 2. The predicted octanol–water partition coefficient (Wildman–Crippen LogP) is 3.46. The zero-order valence-corrected chi connectivity index (χ0v) is 12.4. The predicted molar refractivity (Wildman–Crippen MR) is 82.6 cm³/mol. The summed E-state index contributed by atoms with van der Waals surface area (Å²) in [4.78, 5) is 12.0. The van der Waals surface area contributed by atoms with Crippen LogP contribution in [0.3, 0.4) is 0 Å². The van der Waals surface area contributed by atoms with Crippen LogP contribution in [0.15, 0.2) is 54.6 Å². The number of nitrogens with one attached hydrogen (secondary N) is 1. The molecule has 0 heterocycles. The molecule has 2 nitrogen and oxygen atoms in total. The van der Waals surface area contributed by atoms with Gasteiger partial charge in [-0.15, -0.1) is 0 Å². The summed E-state index contributed by atoms with van der Waals surface area (Å²) in [5.74, 6) is -0.408. The van der Waals surface area contributed by atoms with Crippen molar-refractivity contribution in [2.24, 2.45) is 0 Å². The first-order valence-corrected chi connectivity index (χ1v) is 7.04. The number of rotatable bonds is 5. The minimum Gasteiger partial charge on any atom is -0.355 e. The van der Waals surface area contributed by atoms with Gasteiger partial charge >= 0.3 is 0 Å². The van der Waals surface area contributed by atoms with Crippen molar-refractivity contribution in [1.82, 2.24) is 5.32 Å². The Morgan fingerprint density at radius 1 is 1.10 bits per heavy atom. The molecule has 0 fully saturated rings. The highest BCUT2D eigenvalue weighted by Crippen LogP contribution is 2.21. The number of amides is 1. The van der Waals surface area contributed by atoms with Gasteiger partial charge in [0, 0.05) is 12.0 Å². The maximum absolute atomic E-state index is 13.1. The molecule has 0 unspecified atom stereocenters. The molecule has 110 valence electrons. The van der Waals surface area contributed by atoms with Gasteiger partial charge in [0.1, 0.15) is 5.82 Å². The van der Waals surface area contributed by atoms with Crippen LogP contribution in [-0.2, 0) is 16.6 Å². The Morgan fingerprint density at radius 2 is 1.81 bits per heavy atom. The van der Waals surface area contributed by atoms with E-state index in [1.54, 1.807) is 12.1 Å². The minimum absolute atomic E-state index is 0.0930. The maximum atomic E-state index is 13.1. The van der Waals surface area contributed by atoms with Crippen LogP contribution in [0.5, 0.6) is 0 Å². The van der Waals surface area contributed by atoms with Crippen molar-refractivity contribution >= 4 is 5.91 Å². The SMILES string of the molecule is CC(C)(CNC(=O)Cc1cccc(F)c1)c1ccccc1. The molecule has 0 spiro atoms. The van der Waals surface area contributed by atoms with E-state index in [9.17, 15) is 9.18 Å². The zero-order valence-electron chi connectivity index (χ0n) is 12.4. The van der Waals surface area contributed by atoms with Crippen LogP contribution >= 0.6 is 0 Å². The van der Waals surface area contributed by atoms with Crippen molar-refractivity contribution in [3.63, 3.8) is 0 Å². The highest BCUT2D eigenvalue weighted by Gasteiger charge is 2.21. The molecule has 2 aromatic carbocycles. The summed E-state index contributed by atoms with van der Waals surface area (Å²) in [7, 11) is 0. The minimum atomic E-state index is -0.315. The Kier molecular flexibility index (Phi) is 4.73. The molecule has 0 saturated carbocycles. The zero-order chi connectivity index (χ0) is 15.3. The van der Waals surface area contributed by atoms with Gasteiger partial charge in [-0.1, -0.05) is 56.3 Å². The smallest absolute Gasteiger partial charge is 0.224 e. The first-order valence-electron chi connectivity index (χ1n) is 7.04. The van der Waals surface area contributed by atoms with E-state index in [1.165, 1.54) is 17.7 Å². The Balaban J connectivity index is 1.92. The molecular formula is C18H20FNO. The van der Waals surface area contributed by atoms with Gasteiger partial charge in [-0.2, -0.15) is 0 Å². The van der Waals surface area contributed by atoms with Crippen LogP contribution in [0.4, 0.5) is 4.39 Å². The van der Waals surface area contributed by atoms with E-state index in [1.807, 2.05) is 18.2 Å².